The molecule has 1 amide bonds. The zero-order chi connectivity index (χ0) is 11.6. The zero-order valence-electron chi connectivity index (χ0n) is 7.14. The third-order valence-electron chi connectivity index (χ3n) is 1.39. The topological polar surface area (TPSA) is 52.3 Å². The molecule has 0 aliphatic heterocycles. The molecular formula is C8H5BrF3NO2. The van der Waals surface area contributed by atoms with E-state index in [9.17, 15) is 18.0 Å². The van der Waals surface area contributed by atoms with Crippen LogP contribution in [0.5, 0.6) is 5.75 Å². The first kappa shape index (κ1) is 11.8. The molecule has 82 valence electrons. The number of amides is 1. The smallest absolute Gasteiger partial charge is 0.406 e. The molecule has 0 atom stereocenters. The van der Waals surface area contributed by atoms with Crippen LogP contribution < -0.4 is 10.5 Å². The van der Waals surface area contributed by atoms with E-state index in [4.69, 9.17) is 5.73 Å². The molecule has 0 saturated heterocycles. The lowest BCUT2D eigenvalue weighted by Crippen LogP contribution is -2.18. The summed E-state index contributed by atoms with van der Waals surface area (Å²) in [6.45, 7) is 0. The van der Waals surface area contributed by atoms with Crippen molar-refractivity contribution in [2.45, 2.75) is 6.36 Å². The van der Waals surface area contributed by atoms with Crippen LogP contribution >= 0.6 is 15.9 Å². The number of primary amides is 1. The quantitative estimate of drug-likeness (QED) is 0.906. The number of hydrogen-bond donors (Lipinski definition) is 1. The Morgan fingerprint density at radius 1 is 1.33 bits per heavy atom. The maximum absolute atomic E-state index is 11.9. The summed E-state index contributed by atoms with van der Waals surface area (Å²) in [5, 5.41) is 0. The highest BCUT2D eigenvalue weighted by Crippen LogP contribution is 2.26. The van der Waals surface area contributed by atoms with Gasteiger partial charge in [0, 0.05) is 10.0 Å². The van der Waals surface area contributed by atoms with Crippen LogP contribution in [0.25, 0.3) is 0 Å². The maximum Gasteiger partial charge on any atom is 0.573 e. The number of alkyl halides is 3. The minimum atomic E-state index is -4.80. The van der Waals surface area contributed by atoms with Crippen LogP contribution in [0.2, 0.25) is 0 Å². The molecule has 1 aromatic carbocycles. The van der Waals surface area contributed by atoms with E-state index in [1.54, 1.807) is 0 Å². The highest BCUT2D eigenvalue weighted by molar-refractivity contribution is 9.10. The van der Waals surface area contributed by atoms with Gasteiger partial charge >= 0.3 is 6.36 Å². The fourth-order valence-corrected chi connectivity index (χ4v) is 1.37. The van der Waals surface area contributed by atoms with Gasteiger partial charge in [0.25, 0.3) is 0 Å². The third-order valence-corrected chi connectivity index (χ3v) is 1.85. The van der Waals surface area contributed by atoms with Gasteiger partial charge in [-0.2, -0.15) is 0 Å². The van der Waals surface area contributed by atoms with E-state index >= 15 is 0 Å². The van der Waals surface area contributed by atoms with Crippen molar-refractivity contribution < 1.29 is 22.7 Å². The Kier molecular flexibility index (Phi) is 3.23. The molecule has 0 aliphatic carbocycles. The molecule has 1 aromatic rings. The minimum absolute atomic E-state index is 0.0661. The summed E-state index contributed by atoms with van der Waals surface area (Å²) in [4.78, 5) is 10.7. The summed E-state index contributed by atoms with van der Waals surface area (Å²) in [5.74, 6) is -1.33. The van der Waals surface area contributed by atoms with Crippen LogP contribution in [0, 0.1) is 0 Å². The summed E-state index contributed by atoms with van der Waals surface area (Å²) < 4.78 is 39.5. The molecule has 2 N–H and O–H groups in total. The summed E-state index contributed by atoms with van der Waals surface area (Å²) in [7, 11) is 0. The fraction of sp³-hybridized carbons (Fsp3) is 0.125. The standard InChI is InChI=1S/C8H5BrF3NO2/c9-5-1-4(7(13)14)2-6(3-5)15-8(10,11)12/h1-3H,(H2,13,14). The molecule has 0 radical (unpaired) electrons. The predicted octanol–water partition coefficient (Wildman–Crippen LogP) is 2.45. The highest BCUT2D eigenvalue weighted by atomic mass is 79.9. The highest BCUT2D eigenvalue weighted by Gasteiger charge is 2.31. The van der Waals surface area contributed by atoms with Crippen LogP contribution in [-0.2, 0) is 0 Å². The number of ether oxygens (including phenoxy) is 1. The number of rotatable bonds is 2. The van der Waals surface area contributed by atoms with E-state index in [-0.39, 0.29) is 10.0 Å². The van der Waals surface area contributed by atoms with Gasteiger partial charge in [-0.05, 0) is 18.2 Å². The Balaban J connectivity index is 3.04. The van der Waals surface area contributed by atoms with Gasteiger partial charge in [-0.1, -0.05) is 15.9 Å². The molecule has 3 nitrogen and oxygen atoms in total. The van der Waals surface area contributed by atoms with Gasteiger partial charge in [-0.25, -0.2) is 0 Å². The Morgan fingerprint density at radius 3 is 2.40 bits per heavy atom. The maximum atomic E-state index is 11.9. The molecule has 0 heterocycles. The van der Waals surface area contributed by atoms with Crippen LogP contribution in [-0.4, -0.2) is 12.3 Å². The number of carbonyl (C=O) groups is 1. The molecular weight excluding hydrogens is 279 g/mol. The van der Waals surface area contributed by atoms with Gasteiger partial charge in [0.05, 0.1) is 0 Å². The second-order valence-electron chi connectivity index (χ2n) is 2.59. The number of halogens is 4. The molecule has 0 aromatic heterocycles. The first-order valence-electron chi connectivity index (χ1n) is 3.64. The van der Waals surface area contributed by atoms with E-state index in [1.165, 1.54) is 6.07 Å². The monoisotopic (exact) mass is 283 g/mol. The Labute approximate surface area is 91.1 Å². The molecule has 1 rings (SSSR count). The molecule has 0 aliphatic rings. The van der Waals surface area contributed by atoms with Crippen molar-refractivity contribution in [1.82, 2.24) is 0 Å². The molecule has 7 heteroatoms. The molecule has 0 spiro atoms. The van der Waals surface area contributed by atoms with Gasteiger partial charge in [0.2, 0.25) is 5.91 Å². The molecule has 0 unspecified atom stereocenters. The lowest BCUT2D eigenvalue weighted by atomic mass is 10.2. The molecule has 0 fully saturated rings. The number of hydrogen-bond acceptors (Lipinski definition) is 2. The summed E-state index contributed by atoms with van der Waals surface area (Å²) >= 11 is 2.93. The summed E-state index contributed by atoms with van der Waals surface area (Å²) in [6, 6.07) is 3.30. The van der Waals surface area contributed by atoms with Gasteiger partial charge in [-0.15, -0.1) is 13.2 Å². The van der Waals surface area contributed by atoms with Crippen LogP contribution in [0.3, 0.4) is 0 Å². The van der Waals surface area contributed by atoms with Crippen LogP contribution in [0.15, 0.2) is 22.7 Å². The van der Waals surface area contributed by atoms with E-state index in [1.807, 2.05) is 0 Å². The zero-order valence-corrected chi connectivity index (χ0v) is 8.72. The lowest BCUT2D eigenvalue weighted by Gasteiger charge is -2.09. The van der Waals surface area contributed by atoms with E-state index < -0.39 is 18.0 Å². The van der Waals surface area contributed by atoms with Gasteiger partial charge < -0.3 is 10.5 Å². The van der Waals surface area contributed by atoms with Crippen molar-refractivity contribution in [2.24, 2.45) is 5.73 Å². The second-order valence-corrected chi connectivity index (χ2v) is 3.50. The average molecular weight is 284 g/mol. The molecule has 0 saturated carbocycles. The largest absolute Gasteiger partial charge is 0.573 e. The Hall–Kier alpha value is -1.24. The lowest BCUT2D eigenvalue weighted by molar-refractivity contribution is -0.274. The van der Waals surface area contributed by atoms with E-state index in [2.05, 4.69) is 20.7 Å². The summed E-state index contributed by atoms with van der Waals surface area (Å²) in [6.07, 6.45) is -4.80. The Morgan fingerprint density at radius 2 is 1.93 bits per heavy atom. The van der Waals surface area contributed by atoms with Gasteiger partial charge in [0.1, 0.15) is 5.75 Å². The fourth-order valence-electron chi connectivity index (χ4n) is 0.898. The van der Waals surface area contributed by atoms with Gasteiger partial charge in [0.15, 0.2) is 0 Å². The SMILES string of the molecule is NC(=O)c1cc(Br)cc(OC(F)(F)F)c1. The van der Waals surface area contributed by atoms with Crippen molar-refractivity contribution in [3.8, 4) is 5.75 Å². The normalized spacial score (nSPS) is 11.2. The minimum Gasteiger partial charge on any atom is -0.406 e. The molecule has 15 heavy (non-hydrogen) atoms. The van der Waals surface area contributed by atoms with Crippen molar-refractivity contribution in [2.75, 3.05) is 0 Å². The second kappa shape index (κ2) is 4.09. The van der Waals surface area contributed by atoms with Crippen molar-refractivity contribution >= 4 is 21.8 Å². The van der Waals surface area contributed by atoms with Gasteiger partial charge in [-0.3, -0.25) is 4.79 Å². The number of benzene rings is 1. The summed E-state index contributed by atoms with van der Waals surface area (Å²) in [5.41, 5.74) is 4.85. The van der Waals surface area contributed by atoms with Crippen LogP contribution in [0.4, 0.5) is 13.2 Å². The average Bonchev–Trinajstić information content (AvgIpc) is 1.99. The first-order chi connectivity index (χ1) is 6.78. The third kappa shape index (κ3) is 3.78. The van der Waals surface area contributed by atoms with Crippen molar-refractivity contribution in [3.63, 3.8) is 0 Å². The Bertz CT molecular complexity index is 392. The predicted molar refractivity (Wildman–Crippen MR) is 49.3 cm³/mol. The van der Waals surface area contributed by atoms with Crippen molar-refractivity contribution in [3.05, 3.63) is 28.2 Å². The van der Waals surface area contributed by atoms with Crippen molar-refractivity contribution in [1.29, 1.82) is 0 Å². The van der Waals surface area contributed by atoms with E-state index in [0.717, 1.165) is 12.1 Å². The number of nitrogens with two attached hydrogens (primary N) is 1. The van der Waals surface area contributed by atoms with E-state index in [0.29, 0.717) is 0 Å². The first-order valence-corrected chi connectivity index (χ1v) is 4.43. The van der Waals surface area contributed by atoms with Crippen LogP contribution in [0.1, 0.15) is 10.4 Å². The molecule has 0 bridgehead atoms. The number of carbonyl (C=O) groups excluding carboxylic acids is 1.